The van der Waals surface area contributed by atoms with Crippen molar-refractivity contribution in [3.05, 3.63) is 46.4 Å². The molecule has 0 radical (unpaired) electrons. The number of anilines is 1. The lowest BCUT2D eigenvalue weighted by atomic mass is 10.3. The predicted octanol–water partition coefficient (Wildman–Crippen LogP) is 1.49. The molecule has 0 amide bonds. The van der Waals surface area contributed by atoms with Crippen molar-refractivity contribution < 1.29 is 19.4 Å². The highest BCUT2D eigenvalue weighted by atomic mass is 31.2. The van der Waals surface area contributed by atoms with Gasteiger partial charge in [-0.05, 0) is 19.1 Å². The minimum absolute atomic E-state index is 0.115. The van der Waals surface area contributed by atoms with Gasteiger partial charge in [0.15, 0.2) is 0 Å². The monoisotopic (exact) mass is 299 g/mol. The van der Waals surface area contributed by atoms with Crippen molar-refractivity contribution in [2.24, 2.45) is 7.05 Å². The molecule has 1 unspecified atom stereocenters. The first-order chi connectivity index (χ1) is 9.37. The van der Waals surface area contributed by atoms with Gasteiger partial charge in [-0.1, -0.05) is 18.2 Å². The average Bonchev–Trinajstić information content (AvgIpc) is 2.64. The highest BCUT2D eigenvalue weighted by Crippen LogP contribution is 2.40. The molecule has 0 bridgehead atoms. The van der Waals surface area contributed by atoms with Gasteiger partial charge in [-0.15, -0.1) is 4.67 Å². The lowest BCUT2D eigenvalue weighted by Crippen LogP contribution is -2.20. The van der Waals surface area contributed by atoms with E-state index in [2.05, 4.69) is 4.67 Å². The fourth-order valence-corrected chi connectivity index (χ4v) is 2.44. The van der Waals surface area contributed by atoms with Gasteiger partial charge < -0.3 is 4.89 Å². The first-order valence-corrected chi connectivity index (χ1v) is 7.23. The third-order valence-corrected chi connectivity index (χ3v) is 3.65. The first kappa shape index (κ1) is 14.5. The highest BCUT2D eigenvalue weighted by molar-refractivity contribution is 7.54. The number of benzene rings is 1. The topological polar surface area (TPSA) is 106 Å². The zero-order valence-corrected chi connectivity index (χ0v) is 11.7. The summed E-state index contributed by atoms with van der Waals surface area (Å²) in [7, 11) is -2.83. The van der Waals surface area contributed by atoms with Gasteiger partial charge in [0.05, 0.1) is 11.4 Å². The van der Waals surface area contributed by atoms with Crippen LogP contribution < -0.4 is 10.6 Å². The van der Waals surface area contributed by atoms with Crippen LogP contribution in [0.3, 0.4) is 0 Å². The Morgan fingerprint density at radius 1 is 1.30 bits per heavy atom. The second-order valence-electron chi connectivity index (χ2n) is 4.15. The number of aromatic nitrogens is 2. The maximum atomic E-state index is 12.3. The van der Waals surface area contributed by atoms with Gasteiger partial charge in [0.1, 0.15) is 5.69 Å². The molecular formula is C11H14N3O5P. The van der Waals surface area contributed by atoms with E-state index in [0.717, 1.165) is 0 Å². The average molecular weight is 299 g/mol. The van der Waals surface area contributed by atoms with Crippen LogP contribution in [0.1, 0.15) is 5.69 Å². The Morgan fingerprint density at radius 2 is 1.90 bits per heavy atom. The van der Waals surface area contributed by atoms with Crippen molar-refractivity contribution >= 4 is 13.4 Å². The normalized spacial score (nSPS) is 14.0. The zero-order valence-electron chi connectivity index (χ0n) is 10.8. The summed E-state index contributed by atoms with van der Waals surface area (Å²) in [5.41, 5.74) is 0.387. The second-order valence-corrected chi connectivity index (χ2v) is 5.58. The molecule has 2 rings (SSSR count). The molecule has 0 saturated carbocycles. The van der Waals surface area contributed by atoms with E-state index in [0.29, 0.717) is 11.4 Å². The lowest BCUT2D eigenvalue weighted by Gasteiger charge is -2.08. The predicted molar refractivity (Wildman–Crippen MR) is 72.9 cm³/mol. The van der Waals surface area contributed by atoms with Gasteiger partial charge in [-0.25, -0.2) is 14.5 Å². The molecule has 9 heteroatoms. The van der Waals surface area contributed by atoms with Gasteiger partial charge in [0, 0.05) is 7.05 Å². The number of nitrogens with one attached hydrogen (secondary N) is 1. The fourth-order valence-electron chi connectivity index (χ4n) is 1.86. The lowest BCUT2D eigenvalue weighted by molar-refractivity contribution is -0.144. The minimum Gasteiger partial charge on any atom is -0.306 e. The molecule has 20 heavy (non-hydrogen) atoms. The summed E-state index contributed by atoms with van der Waals surface area (Å²) in [6.07, 6.45) is 0. The molecule has 1 atom stereocenters. The largest absolute Gasteiger partial charge is 0.457 e. The summed E-state index contributed by atoms with van der Waals surface area (Å²) in [5.74, 6) is 0. The SMILES string of the molecule is Cc1c(NP(=O)(O)OO)c(=O)n(-c2ccccc2)n1C. The van der Waals surface area contributed by atoms with Crippen LogP contribution in [0, 0.1) is 6.92 Å². The smallest absolute Gasteiger partial charge is 0.306 e. The van der Waals surface area contributed by atoms with E-state index in [-0.39, 0.29) is 5.69 Å². The van der Waals surface area contributed by atoms with E-state index in [9.17, 15) is 14.3 Å². The van der Waals surface area contributed by atoms with Gasteiger partial charge in [-0.2, -0.15) is 0 Å². The summed E-state index contributed by atoms with van der Waals surface area (Å²) >= 11 is 0. The Morgan fingerprint density at radius 3 is 2.45 bits per heavy atom. The van der Waals surface area contributed by atoms with E-state index >= 15 is 0 Å². The summed E-state index contributed by atoms with van der Waals surface area (Å²) in [4.78, 5) is 21.5. The Labute approximate surface area is 114 Å². The number of hydrogen-bond donors (Lipinski definition) is 3. The minimum atomic E-state index is -4.47. The van der Waals surface area contributed by atoms with Crippen molar-refractivity contribution in [3.8, 4) is 5.69 Å². The number of para-hydroxylation sites is 1. The van der Waals surface area contributed by atoms with Gasteiger partial charge >= 0.3 is 7.75 Å². The van der Waals surface area contributed by atoms with Gasteiger partial charge in [-0.3, -0.25) is 14.6 Å². The first-order valence-electron chi connectivity index (χ1n) is 5.65. The van der Waals surface area contributed by atoms with E-state index in [1.807, 2.05) is 11.2 Å². The number of rotatable bonds is 4. The molecule has 1 aromatic carbocycles. The molecule has 0 aliphatic carbocycles. The van der Waals surface area contributed by atoms with Gasteiger partial charge in [0.25, 0.3) is 5.56 Å². The van der Waals surface area contributed by atoms with Crippen molar-refractivity contribution in [3.63, 3.8) is 0 Å². The number of hydrogen-bond acceptors (Lipinski definition) is 4. The van der Waals surface area contributed by atoms with Crippen LogP contribution in [0.4, 0.5) is 5.69 Å². The second kappa shape index (κ2) is 5.26. The highest BCUT2D eigenvalue weighted by Gasteiger charge is 2.25. The van der Waals surface area contributed by atoms with Crippen molar-refractivity contribution in [2.75, 3.05) is 5.09 Å². The number of nitrogens with zero attached hydrogens (tertiary/aromatic N) is 2. The van der Waals surface area contributed by atoms with E-state index in [1.54, 1.807) is 38.2 Å². The summed E-state index contributed by atoms with van der Waals surface area (Å²) < 4.78 is 17.6. The Bertz CT molecular complexity index is 722. The van der Waals surface area contributed by atoms with E-state index in [1.165, 1.54) is 9.36 Å². The Kier molecular flexibility index (Phi) is 3.82. The van der Waals surface area contributed by atoms with E-state index in [4.69, 9.17) is 5.26 Å². The third kappa shape index (κ3) is 2.54. The zero-order chi connectivity index (χ0) is 14.9. The maximum absolute atomic E-state index is 12.3. The summed E-state index contributed by atoms with van der Waals surface area (Å²) in [6, 6.07) is 8.80. The molecule has 1 aromatic heterocycles. The van der Waals surface area contributed by atoms with Crippen LogP contribution in [-0.2, 0) is 16.3 Å². The van der Waals surface area contributed by atoms with Crippen molar-refractivity contribution in [1.82, 2.24) is 9.36 Å². The summed E-state index contributed by atoms with van der Waals surface area (Å²) in [5, 5.41) is 10.4. The molecule has 0 saturated heterocycles. The molecule has 2 aromatic rings. The summed E-state index contributed by atoms with van der Waals surface area (Å²) in [6.45, 7) is 1.60. The molecule has 8 nitrogen and oxygen atoms in total. The molecule has 0 aliphatic rings. The quantitative estimate of drug-likeness (QED) is 0.448. The fraction of sp³-hybridized carbons (Fsp3) is 0.182. The standard InChI is InChI=1S/C11H14N3O5P/c1-8-10(12-20(17,18)19-16)11(15)14(13(8)2)9-6-4-3-5-7-9/h3-7,16H,1-2H3,(H2,12,17,18). The molecule has 0 spiro atoms. The van der Waals surface area contributed by atoms with Gasteiger partial charge in [0.2, 0.25) is 0 Å². The molecule has 1 heterocycles. The van der Waals surface area contributed by atoms with Crippen LogP contribution in [0.15, 0.2) is 35.1 Å². The van der Waals surface area contributed by atoms with Crippen LogP contribution in [-0.4, -0.2) is 19.5 Å². The molecule has 3 N–H and O–H groups in total. The van der Waals surface area contributed by atoms with Crippen LogP contribution in [0.25, 0.3) is 5.69 Å². The third-order valence-electron chi connectivity index (χ3n) is 2.92. The van der Waals surface area contributed by atoms with Crippen molar-refractivity contribution in [2.45, 2.75) is 6.92 Å². The maximum Gasteiger partial charge on any atom is 0.457 e. The molecule has 108 valence electrons. The van der Waals surface area contributed by atoms with Crippen LogP contribution in [0.5, 0.6) is 0 Å². The van der Waals surface area contributed by atoms with Crippen LogP contribution in [0.2, 0.25) is 0 Å². The Balaban J connectivity index is 2.59. The molecular weight excluding hydrogens is 285 g/mol. The van der Waals surface area contributed by atoms with Crippen molar-refractivity contribution in [1.29, 1.82) is 0 Å². The van der Waals surface area contributed by atoms with Crippen LogP contribution >= 0.6 is 7.75 Å². The molecule has 0 aliphatic heterocycles. The Hall–Kier alpha value is -1.86. The van der Waals surface area contributed by atoms with E-state index < -0.39 is 13.3 Å². The molecule has 0 fully saturated rings.